The minimum atomic E-state index is 0.884. The predicted octanol–water partition coefficient (Wildman–Crippen LogP) is 6.60. The van der Waals surface area contributed by atoms with Gasteiger partial charge in [0.05, 0.1) is 22.4 Å². The summed E-state index contributed by atoms with van der Waals surface area (Å²) in [7, 11) is 0. The maximum absolute atomic E-state index is 4.93. The van der Waals surface area contributed by atoms with Crippen LogP contribution in [0.4, 0.5) is 0 Å². The van der Waals surface area contributed by atoms with Crippen LogP contribution in [0.15, 0.2) is 97.2 Å². The zero-order valence-corrected chi connectivity index (χ0v) is 15.6. The number of aromatic nitrogens is 3. The Labute approximate surface area is 167 Å². The summed E-state index contributed by atoms with van der Waals surface area (Å²) in [6.45, 7) is 0. The van der Waals surface area contributed by atoms with Crippen LogP contribution in [-0.2, 0) is 0 Å². The molecule has 3 nitrogen and oxygen atoms in total. The molecule has 0 atom stereocenters. The molecular formula is C26H17N3. The molecule has 0 fully saturated rings. The van der Waals surface area contributed by atoms with Crippen molar-refractivity contribution in [2.75, 3.05) is 0 Å². The highest BCUT2D eigenvalue weighted by Gasteiger charge is 2.13. The number of hydrogen-bond acceptors (Lipinski definition) is 2. The summed E-state index contributed by atoms with van der Waals surface area (Å²) in [5.74, 6) is 0. The standard InChI is InChI=1S/C26H17N3/c1-4-10-22-17(7-1)13-14-25(28-22)26-15-20(18-8-3-6-12-24(18)29-26)21-16-27-23-11-5-2-9-19(21)23/h1-16,27H. The monoisotopic (exact) mass is 371 g/mol. The number of pyridine rings is 2. The number of fused-ring (bicyclic) bond motifs is 3. The van der Waals surface area contributed by atoms with Crippen LogP contribution in [0, 0.1) is 0 Å². The van der Waals surface area contributed by atoms with Gasteiger partial charge in [0.25, 0.3) is 0 Å². The van der Waals surface area contributed by atoms with Gasteiger partial charge < -0.3 is 4.98 Å². The van der Waals surface area contributed by atoms with E-state index in [1.54, 1.807) is 0 Å². The van der Waals surface area contributed by atoms with Gasteiger partial charge in [0, 0.05) is 33.4 Å². The van der Waals surface area contributed by atoms with Gasteiger partial charge in [-0.25, -0.2) is 9.97 Å². The Morgan fingerprint density at radius 3 is 2.21 bits per heavy atom. The molecule has 136 valence electrons. The number of H-pyrrole nitrogens is 1. The van der Waals surface area contributed by atoms with Crippen LogP contribution < -0.4 is 0 Å². The second kappa shape index (κ2) is 6.28. The SMILES string of the molecule is c1ccc2nc(-c3cc(-c4c[nH]c5ccccc45)c4ccccc4n3)ccc2c1. The smallest absolute Gasteiger partial charge is 0.0900 e. The highest BCUT2D eigenvalue weighted by atomic mass is 14.8. The Morgan fingerprint density at radius 1 is 0.552 bits per heavy atom. The highest BCUT2D eigenvalue weighted by molar-refractivity contribution is 6.05. The largest absolute Gasteiger partial charge is 0.361 e. The summed E-state index contributed by atoms with van der Waals surface area (Å²) in [6.07, 6.45) is 2.09. The number of benzene rings is 3. The molecule has 3 aromatic carbocycles. The van der Waals surface area contributed by atoms with Gasteiger partial charge in [-0.3, -0.25) is 0 Å². The van der Waals surface area contributed by atoms with Crippen molar-refractivity contribution < 1.29 is 0 Å². The number of nitrogens with zero attached hydrogens (tertiary/aromatic N) is 2. The van der Waals surface area contributed by atoms with E-state index in [4.69, 9.17) is 9.97 Å². The Kier molecular flexibility index (Phi) is 3.47. The maximum Gasteiger partial charge on any atom is 0.0900 e. The Morgan fingerprint density at radius 2 is 1.28 bits per heavy atom. The first kappa shape index (κ1) is 16.0. The average molecular weight is 371 g/mol. The van der Waals surface area contributed by atoms with E-state index in [1.807, 2.05) is 24.3 Å². The fraction of sp³-hybridized carbons (Fsp3) is 0. The van der Waals surface area contributed by atoms with Crippen LogP contribution in [0.25, 0.3) is 55.2 Å². The van der Waals surface area contributed by atoms with Crippen LogP contribution in [0.5, 0.6) is 0 Å². The lowest BCUT2D eigenvalue weighted by Gasteiger charge is -2.10. The van der Waals surface area contributed by atoms with Gasteiger partial charge in [0.15, 0.2) is 0 Å². The summed E-state index contributed by atoms with van der Waals surface area (Å²) in [5.41, 5.74) is 7.20. The molecule has 3 heteroatoms. The molecular weight excluding hydrogens is 354 g/mol. The molecule has 0 spiro atoms. The van der Waals surface area contributed by atoms with E-state index in [2.05, 4.69) is 77.9 Å². The predicted molar refractivity (Wildman–Crippen MR) is 120 cm³/mol. The van der Waals surface area contributed by atoms with Crippen molar-refractivity contribution in [2.24, 2.45) is 0 Å². The lowest BCUT2D eigenvalue weighted by atomic mass is 9.99. The van der Waals surface area contributed by atoms with Crippen molar-refractivity contribution in [3.05, 3.63) is 97.2 Å². The first-order valence-corrected chi connectivity index (χ1v) is 9.69. The molecule has 0 aliphatic rings. The fourth-order valence-electron chi connectivity index (χ4n) is 4.03. The van der Waals surface area contributed by atoms with Crippen molar-refractivity contribution >= 4 is 32.7 Å². The number of rotatable bonds is 2. The Balaban J connectivity index is 1.64. The number of hydrogen-bond donors (Lipinski definition) is 1. The van der Waals surface area contributed by atoms with Crippen molar-refractivity contribution in [3.8, 4) is 22.5 Å². The van der Waals surface area contributed by atoms with Gasteiger partial charge >= 0.3 is 0 Å². The maximum atomic E-state index is 4.93. The van der Waals surface area contributed by atoms with Crippen molar-refractivity contribution in [2.45, 2.75) is 0 Å². The van der Waals surface area contributed by atoms with Gasteiger partial charge in [-0.15, -0.1) is 0 Å². The van der Waals surface area contributed by atoms with Crippen molar-refractivity contribution in [3.63, 3.8) is 0 Å². The molecule has 29 heavy (non-hydrogen) atoms. The average Bonchev–Trinajstić information content (AvgIpc) is 3.22. The molecule has 0 saturated carbocycles. The Hall–Kier alpha value is -3.98. The number of nitrogens with one attached hydrogen (secondary N) is 1. The van der Waals surface area contributed by atoms with Gasteiger partial charge in [-0.05, 0) is 35.9 Å². The summed E-state index contributed by atoms with van der Waals surface area (Å²) in [5, 5.41) is 3.48. The molecule has 0 saturated heterocycles. The summed E-state index contributed by atoms with van der Waals surface area (Å²) >= 11 is 0. The third-order valence-electron chi connectivity index (χ3n) is 5.46. The zero-order valence-electron chi connectivity index (χ0n) is 15.6. The Bertz CT molecular complexity index is 1510. The normalized spacial score (nSPS) is 11.4. The quantitative estimate of drug-likeness (QED) is 0.373. The molecule has 0 amide bonds. The fourth-order valence-corrected chi connectivity index (χ4v) is 4.03. The number of aromatic amines is 1. The topological polar surface area (TPSA) is 41.6 Å². The molecule has 3 aromatic heterocycles. The number of para-hydroxylation sites is 3. The van der Waals surface area contributed by atoms with E-state index in [-0.39, 0.29) is 0 Å². The van der Waals surface area contributed by atoms with Crippen LogP contribution in [-0.4, -0.2) is 15.0 Å². The minimum absolute atomic E-state index is 0.884. The molecule has 3 heterocycles. The van der Waals surface area contributed by atoms with Gasteiger partial charge in [-0.1, -0.05) is 60.7 Å². The molecule has 6 aromatic rings. The van der Waals surface area contributed by atoms with Crippen molar-refractivity contribution in [1.29, 1.82) is 0 Å². The van der Waals surface area contributed by atoms with Crippen LogP contribution in [0.1, 0.15) is 0 Å². The summed E-state index contributed by atoms with van der Waals surface area (Å²) in [4.78, 5) is 13.2. The molecule has 0 bridgehead atoms. The van der Waals surface area contributed by atoms with E-state index >= 15 is 0 Å². The summed E-state index contributed by atoms with van der Waals surface area (Å²) < 4.78 is 0. The molecule has 0 aliphatic heterocycles. The molecule has 0 radical (unpaired) electrons. The van der Waals surface area contributed by atoms with E-state index in [9.17, 15) is 0 Å². The zero-order chi connectivity index (χ0) is 19.2. The van der Waals surface area contributed by atoms with Gasteiger partial charge in [0.2, 0.25) is 0 Å². The summed E-state index contributed by atoms with van der Waals surface area (Å²) in [6, 6.07) is 31.2. The lowest BCUT2D eigenvalue weighted by Crippen LogP contribution is -1.92. The highest BCUT2D eigenvalue weighted by Crippen LogP contribution is 2.35. The van der Waals surface area contributed by atoms with E-state index in [0.717, 1.165) is 44.3 Å². The first-order valence-electron chi connectivity index (χ1n) is 9.69. The second-order valence-corrected chi connectivity index (χ2v) is 7.21. The van der Waals surface area contributed by atoms with E-state index in [0.29, 0.717) is 0 Å². The molecule has 0 unspecified atom stereocenters. The van der Waals surface area contributed by atoms with Gasteiger partial charge in [0.1, 0.15) is 0 Å². The minimum Gasteiger partial charge on any atom is -0.361 e. The van der Waals surface area contributed by atoms with Crippen LogP contribution >= 0.6 is 0 Å². The second-order valence-electron chi connectivity index (χ2n) is 7.21. The molecule has 0 aliphatic carbocycles. The van der Waals surface area contributed by atoms with Crippen LogP contribution in [0.2, 0.25) is 0 Å². The van der Waals surface area contributed by atoms with E-state index in [1.165, 1.54) is 10.9 Å². The van der Waals surface area contributed by atoms with Crippen LogP contribution in [0.3, 0.4) is 0 Å². The third kappa shape index (κ3) is 2.59. The molecule has 1 N–H and O–H groups in total. The van der Waals surface area contributed by atoms with Gasteiger partial charge in [-0.2, -0.15) is 0 Å². The lowest BCUT2D eigenvalue weighted by molar-refractivity contribution is 1.32. The first-order chi connectivity index (χ1) is 14.4. The molecule has 6 rings (SSSR count). The van der Waals surface area contributed by atoms with Crippen molar-refractivity contribution in [1.82, 2.24) is 15.0 Å². The third-order valence-corrected chi connectivity index (χ3v) is 5.46. The van der Waals surface area contributed by atoms with E-state index < -0.39 is 0 Å².